The Hall–Kier alpha value is -2.64. The largest absolute Gasteiger partial charge is 0.481 e. The van der Waals surface area contributed by atoms with Crippen molar-refractivity contribution in [2.45, 2.75) is 38.1 Å². The molecule has 122 valence electrons. The molecule has 0 spiro atoms. The van der Waals surface area contributed by atoms with Crippen LogP contribution in [0.4, 0.5) is 0 Å². The van der Waals surface area contributed by atoms with Gasteiger partial charge in [-0.1, -0.05) is 5.16 Å². The minimum atomic E-state index is -0.792. The summed E-state index contributed by atoms with van der Waals surface area (Å²) in [5.41, 5.74) is 0.718. The molecule has 1 saturated carbocycles. The second-order valence-corrected chi connectivity index (χ2v) is 5.64. The summed E-state index contributed by atoms with van der Waals surface area (Å²) in [7, 11) is 0. The summed E-state index contributed by atoms with van der Waals surface area (Å²) in [5, 5.41) is 15.6. The molecule has 2 aromatic rings. The highest BCUT2D eigenvalue weighted by Gasteiger charge is 2.30. The van der Waals surface area contributed by atoms with Gasteiger partial charge in [-0.3, -0.25) is 9.59 Å². The second kappa shape index (κ2) is 6.64. The highest BCUT2D eigenvalue weighted by atomic mass is 16.5. The molecule has 2 aromatic heterocycles. The van der Waals surface area contributed by atoms with Crippen molar-refractivity contribution in [2.24, 2.45) is 5.92 Å². The number of hydrogen-bond donors (Lipinski definition) is 2. The average molecular weight is 319 g/mol. The van der Waals surface area contributed by atoms with E-state index < -0.39 is 5.97 Å². The lowest BCUT2D eigenvalue weighted by Gasteiger charge is -2.11. The third-order valence-electron chi connectivity index (χ3n) is 3.96. The van der Waals surface area contributed by atoms with Crippen LogP contribution in [0.15, 0.2) is 27.5 Å². The summed E-state index contributed by atoms with van der Waals surface area (Å²) in [6, 6.07) is 1.66. The Morgan fingerprint density at radius 2 is 2.26 bits per heavy atom. The van der Waals surface area contributed by atoms with Gasteiger partial charge < -0.3 is 19.4 Å². The van der Waals surface area contributed by atoms with Crippen molar-refractivity contribution in [3.63, 3.8) is 0 Å². The van der Waals surface area contributed by atoms with Gasteiger partial charge in [0.1, 0.15) is 6.26 Å². The van der Waals surface area contributed by atoms with E-state index in [0.717, 1.165) is 5.56 Å². The molecule has 1 aliphatic carbocycles. The smallest absolute Gasteiger partial charge is 0.306 e. The molecule has 0 bridgehead atoms. The zero-order valence-corrected chi connectivity index (χ0v) is 12.4. The minimum Gasteiger partial charge on any atom is -0.481 e. The number of nitrogens with zero attached hydrogens (tertiary/aromatic N) is 2. The van der Waals surface area contributed by atoms with Gasteiger partial charge in [0.15, 0.2) is 0 Å². The molecule has 0 saturated heterocycles. The first-order valence-electron chi connectivity index (χ1n) is 7.49. The molecule has 0 aromatic carbocycles. The first-order valence-corrected chi connectivity index (χ1v) is 7.49. The molecule has 0 radical (unpaired) electrons. The van der Waals surface area contributed by atoms with E-state index >= 15 is 0 Å². The van der Waals surface area contributed by atoms with E-state index in [1.165, 1.54) is 12.5 Å². The third-order valence-corrected chi connectivity index (χ3v) is 3.96. The van der Waals surface area contributed by atoms with Gasteiger partial charge in [-0.05, 0) is 25.3 Å². The second-order valence-electron chi connectivity index (χ2n) is 5.64. The SMILES string of the molecule is O=C(CCc1nc(-c2ccoc2)no1)N[C@H]1CC[C@@H](C(=O)O)C1. The lowest BCUT2D eigenvalue weighted by molar-refractivity contribution is -0.141. The van der Waals surface area contributed by atoms with E-state index in [0.29, 0.717) is 37.4 Å². The van der Waals surface area contributed by atoms with Crippen LogP contribution in [0.2, 0.25) is 0 Å². The standard InChI is InChI=1S/C15H17N3O5/c19-12(16-11-2-1-9(7-11)15(20)21)3-4-13-17-14(18-23-13)10-5-6-22-8-10/h5-6,8-9,11H,1-4,7H2,(H,16,19)(H,20,21)/t9-,11+/m1/s1. The molecule has 2 heterocycles. The van der Waals surface area contributed by atoms with Crippen molar-refractivity contribution in [1.82, 2.24) is 15.5 Å². The number of aryl methyl sites for hydroxylation is 1. The van der Waals surface area contributed by atoms with Crippen molar-refractivity contribution in [1.29, 1.82) is 0 Å². The van der Waals surface area contributed by atoms with Crippen molar-refractivity contribution < 1.29 is 23.6 Å². The van der Waals surface area contributed by atoms with Crippen LogP contribution < -0.4 is 5.32 Å². The van der Waals surface area contributed by atoms with Gasteiger partial charge in [0.2, 0.25) is 17.6 Å². The Balaban J connectivity index is 1.45. The Bertz CT molecular complexity index is 679. The van der Waals surface area contributed by atoms with Gasteiger partial charge in [-0.25, -0.2) is 0 Å². The number of amides is 1. The topological polar surface area (TPSA) is 118 Å². The Labute approximate surface area is 131 Å². The molecule has 23 heavy (non-hydrogen) atoms. The fourth-order valence-corrected chi connectivity index (χ4v) is 2.72. The monoisotopic (exact) mass is 319 g/mol. The number of aliphatic carboxylic acids is 1. The molecule has 1 fully saturated rings. The Kier molecular flexibility index (Phi) is 4.40. The van der Waals surface area contributed by atoms with Crippen LogP contribution in [-0.4, -0.2) is 33.2 Å². The van der Waals surface area contributed by atoms with E-state index in [2.05, 4.69) is 15.5 Å². The van der Waals surface area contributed by atoms with E-state index in [4.69, 9.17) is 14.0 Å². The fourth-order valence-electron chi connectivity index (χ4n) is 2.72. The fraction of sp³-hybridized carbons (Fsp3) is 0.467. The lowest BCUT2D eigenvalue weighted by atomic mass is 10.1. The number of carbonyl (C=O) groups is 2. The number of hydrogen-bond acceptors (Lipinski definition) is 6. The molecule has 8 nitrogen and oxygen atoms in total. The van der Waals surface area contributed by atoms with Crippen LogP contribution in [0, 0.1) is 5.92 Å². The van der Waals surface area contributed by atoms with Gasteiger partial charge in [-0.15, -0.1) is 0 Å². The van der Waals surface area contributed by atoms with Gasteiger partial charge in [0, 0.05) is 18.9 Å². The minimum absolute atomic E-state index is 0.0622. The molecule has 0 aliphatic heterocycles. The molecular weight excluding hydrogens is 302 g/mol. The molecule has 8 heteroatoms. The van der Waals surface area contributed by atoms with E-state index in [-0.39, 0.29) is 24.3 Å². The number of carbonyl (C=O) groups excluding carboxylic acids is 1. The number of carboxylic acids is 1. The van der Waals surface area contributed by atoms with Gasteiger partial charge in [-0.2, -0.15) is 4.98 Å². The van der Waals surface area contributed by atoms with Crippen LogP contribution >= 0.6 is 0 Å². The maximum absolute atomic E-state index is 11.9. The number of furan rings is 1. The van der Waals surface area contributed by atoms with Crippen LogP contribution in [0.3, 0.4) is 0 Å². The molecule has 0 unspecified atom stereocenters. The maximum atomic E-state index is 11.9. The first-order chi connectivity index (χ1) is 11.1. The van der Waals surface area contributed by atoms with Gasteiger partial charge >= 0.3 is 5.97 Å². The summed E-state index contributed by atoms with van der Waals surface area (Å²) in [6.07, 6.45) is 5.40. The molecule has 3 rings (SSSR count). The summed E-state index contributed by atoms with van der Waals surface area (Å²) in [6.45, 7) is 0. The number of aromatic nitrogens is 2. The first kappa shape index (κ1) is 15.3. The van der Waals surface area contributed by atoms with E-state index in [9.17, 15) is 9.59 Å². The molecular formula is C15H17N3O5. The number of carboxylic acid groups (broad SMARTS) is 1. The van der Waals surface area contributed by atoms with Crippen molar-refractivity contribution in [3.05, 3.63) is 24.5 Å². The van der Waals surface area contributed by atoms with Crippen LogP contribution in [0.25, 0.3) is 11.4 Å². The Morgan fingerprint density at radius 1 is 1.39 bits per heavy atom. The average Bonchev–Trinajstić information content (AvgIpc) is 3.25. The maximum Gasteiger partial charge on any atom is 0.306 e. The number of rotatable bonds is 6. The molecule has 2 N–H and O–H groups in total. The molecule has 1 aliphatic rings. The summed E-state index contributed by atoms with van der Waals surface area (Å²) in [4.78, 5) is 27.0. The van der Waals surface area contributed by atoms with Crippen molar-refractivity contribution in [3.8, 4) is 11.4 Å². The van der Waals surface area contributed by atoms with Crippen molar-refractivity contribution in [2.75, 3.05) is 0 Å². The van der Waals surface area contributed by atoms with Crippen LogP contribution in [0.1, 0.15) is 31.6 Å². The zero-order valence-electron chi connectivity index (χ0n) is 12.4. The lowest BCUT2D eigenvalue weighted by Crippen LogP contribution is -2.33. The zero-order chi connectivity index (χ0) is 16.2. The molecule has 2 atom stereocenters. The molecule has 1 amide bonds. The normalized spacial score (nSPS) is 20.5. The Morgan fingerprint density at radius 3 is 2.96 bits per heavy atom. The summed E-state index contributed by atoms with van der Waals surface area (Å²) >= 11 is 0. The summed E-state index contributed by atoms with van der Waals surface area (Å²) < 4.78 is 10.0. The van der Waals surface area contributed by atoms with E-state index in [1.54, 1.807) is 6.07 Å². The highest BCUT2D eigenvalue weighted by Crippen LogP contribution is 2.25. The third kappa shape index (κ3) is 3.77. The van der Waals surface area contributed by atoms with Gasteiger partial charge in [0.05, 0.1) is 17.7 Å². The van der Waals surface area contributed by atoms with Crippen LogP contribution in [-0.2, 0) is 16.0 Å². The highest BCUT2D eigenvalue weighted by molar-refractivity contribution is 5.77. The van der Waals surface area contributed by atoms with Crippen molar-refractivity contribution >= 4 is 11.9 Å². The van der Waals surface area contributed by atoms with E-state index in [1.807, 2.05) is 0 Å². The predicted octanol–water partition coefficient (Wildman–Crippen LogP) is 1.63. The van der Waals surface area contributed by atoms with Crippen LogP contribution in [0.5, 0.6) is 0 Å². The quantitative estimate of drug-likeness (QED) is 0.830. The van der Waals surface area contributed by atoms with Gasteiger partial charge in [0.25, 0.3) is 0 Å². The summed E-state index contributed by atoms with van der Waals surface area (Å²) in [5.74, 6) is -0.474. The number of nitrogens with one attached hydrogen (secondary N) is 1. The predicted molar refractivity (Wildman–Crippen MR) is 77.2 cm³/mol.